The average Bonchev–Trinajstić information content (AvgIpc) is 2.57. The molecule has 84 valence electrons. The number of allylic oxidation sites excluding steroid dienone is 2. The molecule has 0 aromatic rings. The molecule has 1 saturated carbocycles. The Kier molecular flexibility index (Phi) is 2.20. The van der Waals surface area contributed by atoms with Crippen LogP contribution in [-0.4, -0.2) is 12.2 Å². The van der Waals surface area contributed by atoms with Crippen molar-refractivity contribution in [1.82, 2.24) is 5.32 Å². The third kappa shape index (κ3) is 1.60. The van der Waals surface area contributed by atoms with Crippen LogP contribution in [0, 0.1) is 0 Å². The number of rotatable bonds is 0. The molecular weight excluding hydrogens is 205 g/mol. The molecule has 1 aliphatic carbocycles. The lowest BCUT2D eigenvalue weighted by Crippen LogP contribution is -2.40. The van der Waals surface area contributed by atoms with E-state index in [9.17, 15) is 13.2 Å². The molecule has 2 aliphatic rings. The van der Waals surface area contributed by atoms with Crippen molar-refractivity contribution in [3.8, 4) is 0 Å². The summed E-state index contributed by atoms with van der Waals surface area (Å²) >= 11 is 0. The van der Waals surface area contributed by atoms with Crippen LogP contribution in [0.25, 0.3) is 0 Å². The minimum absolute atomic E-state index is 0.135. The van der Waals surface area contributed by atoms with Gasteiger partial charge < -0.3 is 11.1 Å². The first-order chi connectivity index (χ1) is 6.91. The Morgan fingerprint density at radius 1 is 1.40 bits per heavy atom. The second-order valence-electron chi connectivity index (χ2n) is 4.03. The summed E-state index contributed by atoms with van der Waals surface area (Å²) in [6, 6.07) is -0.203. The zero-order valence-electron chi connectivity index (χ0n) is 8.41. The van der Waals surface area contributed by atoms with E-state index < -0.39 is 11.9 Å². The zero-order chi connectivity index (χ0) is 11.2. The highest BCUT2D eigenvalue weighted by molar-refractivity contribution is 5.44. The quantitative estimate of drug-likeness (QED) is 0.654. The first kappa shape index (κ1) is 10.4. The molecule has 0 saturated heterocycles. The maximum atomic E-state index is 12.6. The molecule has 15 heavy (non-hydrogen) atoms. The van der Waals surface area contributed by atoms with Crippen LogP contribution in [0.3, 0.4) is 0 Å². The van der Waals surface area contributed by atoms with Crippen molar-refractivity contribution < 1.29 is 13.2 Å². The first-order valence-corrected chi connectivity index (χ1v) is 4.94. The molecule has 3 N–H and O–H groups in total. The van der Waals surface area contributed by atoms with Crippen molar-refractivity contribution in [3.63, 3.8) is 0 Å². The van der Waals surface area contributed by atoms with Gasteiger partial charge in [-0.3, -0.25) is 0 Å². The standard InChI is InChI=1S/C10H13F3N2/c1-5-8(14)6-3-2-4-7(6)15-9(5)10(11,12)13/h7,15H,2-4,14H2,1H3. The van der Waals surface area contributed by atoms with Gasteiger partial charge in [0.25, 0.3) is 0 Å². The number of dihydropyridines is 1. The third-order valence-electron chi connectivity index (χ3n) is 3.09. The maximum absolute atomic E-state index is 12.6. The van der Waals surface area contributed by atoms with E-state index in [0.717, 1.165) is 24.8 Å². The highest BCUT2D eigenvalue weighted by Crippen LogP contribution is 2.38. The van der Waals surface area contributed by atoms with Gasteiger partial charge in [0.2, 0.25) is 0 Å². The fourth-order valence-corrected chi connectivity index (χ4v) is 2.28. The SMILES string of the molecule is CC1=C(C(F)(F)F)NC2CCCC2=C1N. The van der Waals surface area contributed by atoms with E-state index in [1.165, 1.54) is 6.92 Å². The fraction of sp³-hybridized carbons (Fsp3) is 0.600. The summed E-state index contributed by atoms with van der Waals surface area (Å²) in [6.45, 7) is 1.42. The minimum atomic E-state index is -4.33. The van der Waals surface area contributed by atoms with Crippen molar-refractivity contribution in [2.75, 3.05) is 0 Å². The van der Waals surface area contributed by atoms with Gasteiger partial charge in [-0.1, -0.05) is 0 Å². The molecule has 0 bridgehead atoms. The fourth-order valence-electron chi connectivity index (χ4n) is 2.28. The summed E-state index contributed by atoms with van der Waals surface area (Å²) in [7, 11) is 0. The topological polar surface area (TPSA) is 38.0 Å². The number of nitrogens with one attached hydrogen (secondary N) is 1. The van der Waals surface area contributed by atoms with Crippen LogP contribution < -0.4 is 11.1 Å². The molecule has 1 fully saturated rings. The Labute approximate surface area is 86.0 Å². The first-order valence-electron chi connectivity index (χ1n) is 4.94. The van der Waals surface area contributed by atoms with E-state index >= 15 is 0 Å². The predicted octanol–water partition coefficient (Wildman–Crippen LogP) is 2.19. The second kappa shape index (κ2) is 3.18. The number of halogens is 3. The van der Waals surface area contributed by atoms with Crippen LogP contribution in [0.15, 0.2) is 22.5 Å². The summed E-state index contributed by atoms with van der Waals surface area (Å²) in [5, 5.41) is 2.55. The summed E-state index contributed by atoms with van der Waals surface area (Å²) in [4.78, 5) is 0. The molecular formula is C10H13F3N2. The molecule has 0 radical (unpaired) electrons. The molecule has 1 heterocycles. The molecule has 2 nitrogen and oxygen atoms in total. The molecule has 0 aromatic carbocycles. The number of fused-ring (bicyclic) bond motifs is 1. The van der Waals surface area contributed by atoms with Gasteiger partial charge in [-0.25, -0.2) is 0 Å². The van der Waals surface area contributed by atoms with Gasteiger partial charge in [0, 0.05) is 17.3 Å². The van der Waals surface area contributed by atoms with Gasteiger partial charge in [0.15, 0.2) is 0 Å². The predicted molar refractivity (Wildman–Crippen MR) is 50.7 cm³/mol. The lowest BCUT2D eigenvalue weighted by molar-refractivity contribution is -0.0985. The monoisotopic (exact) mass is 218 g/mol. The van der Waals surface area contributed by atoms with Crippen molar-refractivity contribution in [2.24, 2.45) is 5.73 Å². The molecule has 2 rings (SSSR count). The van der Waals surface area contributed by atoms with E-state index in [-0.39, 0.29) is 11.6 Å². The van der Waals surface area contributed by atoms with Gasteiger partial charge in [-0.2, -0.15) is 13.2 Å². The molecule has 1 unspecified atom stereocenters. The van der Waals surface area contributed by atoms with Gasteiger partial charge in [0.05, 0.1) is 0 Å². The summed E-state index contributed by atoms with van der Waals surface area (Å²) in [6.07, 6.45) is -1.87. The average molecular weight is 218 g/mol. The highest BCUT2D eigenvalue weighted by Gasteiger charge is 2.41. The molecule has 1 atom stereocenters. The molecule has 5 heteroatoms. The van der Waals surface area contributed by atoms with E-state index in [0.29, 0.717) is 5.70 Å². The summed E-state index contributed by atoms with van der Waals surface area (Å²) in [5.74, 6) is 0. The Bertz CT molecular complexity index is 352. The van der Waals surface area contributed by atoms with Crippen LogP contribution in [0.2, 0.25) is 0 Å². The number of alkyl halides is 3. The maximum Gasteiger partial charge on any atom is 0.431 e. The van der Waals surface area contributed by atoms with E-state index in [1.54, 1.807) is 0 Å². The molecule has 1 aliphatic heterocycles. The van der Waals surface area contributed by atoms with Crippen LogP contribution in [-0.2, 0) is 0 Å². The van der Waals surface area contributed by atoms with Crippen molar-refractivity contribution >= 4 is 0 Å². The minimum Gasteiger partial charge on any atom is -0.398 e. The summed E-state index contributed by atoms with van der Waals surface area (Å²) in [5.41, 5.74) is 6.48. The third-order valence-corrected chi connectivity index (χ3v) is 3.09. The lowest BCUT2D eigenvalue weighted by Gasteiger charge is -2.28. The van der Waals surface area contributed by atoms with Crippen molar-refractivity contribution in [2.45, 2.75) is 38.4 Å². The van der Waals surface area contributed by atoms with Crippen molar-refractivity contribution in [3.05, 3.63) is 22.5 Å². The number of nitrogens with two attached hydrogens (primary N) is 1. The normalized spacial score (nSPS) is 26.8. The van der Waals surface area contributed by atoms with Crippen LogP contribution in [0.1, 0.15) is 26.2 Å². The van der Waals surface area contributed by atoms with Crippen LogP contribution >= 0.6 is 0 Å². The summed E-state index contributed by atoms with van der Waals surface area (Å²) < 4.78 is 37.9. The molecule has 0 spiro atoms. The number of hydrogen-bond acceptors (Lipinski definition) is 2. The smallest absolute Gasteiger partial charge is 0.398 e. The van der Waals surface area contributed by atoms with Gasteiger partial charge in [-0.05, 0) is 31.8 Å². The van der Waals surface area contributed by atoms with E-state index in [1.807, 2.05) is 0 Å². The van der Waals surface area contributed by atoms with Gasteiger partial charge in [0.1, 0.15) is 5.70 Å². The second-order valence-corrected chi connectivity index (χ2v) is 4.03. The number of hydrogen-bond donors (Lipinski definition) is 2. The van der Waals surface area contributed by atoms with Gasteiger partial charge >= 0.3 is 6.18 Å². The Morgan fingerprint density at radius 2 is 2.07 bits per heavy atom. The zero-order valence-corrected chi connectivity index (χ0v) is 8.41. The Morgan fingerprint density at radius 3 is 2.67 bits per heavy atom. The largest absolute Gasteiger partial charge is 0.431 e. The van der Waals surface area contributed by atoms with Gasteiger partial charge in [-0.15, -0.1) is 0 Å². The Hall–Kier alpha value is -1.13. The van der Waals surface area contributed by atoms with E-state index in [4.69, 9.17) is 5.73 Å². The molecule has 0 amide bonds. The highest BCUT2D eigenvalue weighted by atomic mass is 19.4. The Balaban J connectivity index is 2.43. The van der Waals surface area contributed by atoms with Crippen molar-refractivity contribution in [1.29, 1.82) is 0 Å². The molecule has 0 aromatic heterocycles. The van der Waals surface area contributed by atoms with E-state index in [2.05, 4.69) is 5.32 Å². The van der Waals surface area contributed by atoms with Crippen LogP contribution in [0.5, 0.6) is 0 Å². The van der Waals surface area contributed by atoms with Crippen LogP contribution in [0.4, 0.5) is 13.2 Å². The lowest BCUT2D eigenvalue weighted by atomic mass is 9.97.